The van der Waals surface area contributed by atoms with E-state index in [4.69, 9.17) is 4.74 Å². The van der Waals surface area contributed by atoms with E-state index in [-0.39, 0.29) is 24.6 Å². The number of carbonyl (C=O) groups excluding carboxylic acids is 1. The molecule has 0 aliphatic heterocycles. The predicted molar refractivity (Wildman–Crippen MR) is 77.5 cm³/mol. The molecule has 1 N–H and O–H groups in total. The fraction of sp³-hybridized carbons (Fsp3) is 0.250. The number of nitrogens with one attached hydrogen (secondary N) is 1. The predicted octanol–water partition coefficient (Wildman–Crippen LogP) is 2.80. The lowest BCUT2D eigenvalue weighted by molar-refractivity contribution is -0.122. The molecule has 0 radical (unpaired) electrons. The molecular weight excluding hydrogens is 309 g/mol. The fourth-order valence-corrected chi connectivity index (χ4v) is 1.90. The van der Waals surface area contributed by atoms with E-state index >= 15 is 0 Å². The number of pyridine rings is 1. The van der Waals surface area contributed by atoms with E-state index in [1.165, 1.54) is 31.3 Å². The minimum atomic E-state index is -1.01. The van der Waals surface area contributed by atoms with E-state index in [0.717, 1.165) is 12.1 Å². The zero-order chi connectivity index (χ0) is 16.8. The number of nitrogens with zero attached hydrogens (tertiary/aromatic N) is 1. The lowest BCUT2D eigenvalue weighted by Crippen LogP contribution is -2.32. The van der Waals surface area contributed by atoms with E-state index < -0.39 is 29.3 Å². The van der Waals surface area contributed by atoms with Crippen LogP contribution in [0.5, 0.6) is 5.75 Å². The second-order valence-corrected chi connectivity index (χ2v) is 4.81. The number of amides is 1. The third-order valence-corrected chi connectivity index (χ3v) is 3.15. The monoisotopic (exact) mass is 324 g/mol. The lowest BCUT2D eigenvalue weighted by Gasteiger charge is -2.13. The first-order valence-electron chi connectivity index (χ1n) is 6.95. The fourth-order valence-electron chi connectivity index (χ4n) is 1.90. The molecule has 0 spiro atoms. The molecule has 2 rings (SSSR count). The van der Waals surface area contributed by atoms with Gasteiger partial charge in [-0.15, -0.1) is 0 Å². The molecule has 2 aromatic rings. The third-order valence-electron chi connectivity index (χ3n) is 3.15. The number of hydrogen-bond donors (Lipinski definition) is 1. The summed E-state index contributed by atoms with van der Waals surface area (Å²) >= 11 is 0. The van der Waals surface area contributed by atoms with Gasteiger partial charge in [-0.1, -0.05) is 0 Å². The Labute approximate surface area is 131 Å². The standard InChI is InChI=1S/C16H15F3N2O2/c1-10(15-13(18)3-2-6-20-15)16(22)21-7-8-23-11-4-5-12(17)14(19)9-11/h2-6,9-10H,7-8H2,1H3,(H,21,22). The first-order chi connectivity index (χ1) is 11.0. The van der Waals surface area contributed by atoms with Gasteiger partial charge in [0.1, 0.15) is 18.2 Å². The van der Waals surface area contributed by atoms with E-state index in [1.54, 1.807) is 0 Å². The van der Waals surface area contributed by atoms with Crippen molar-refractivity contribution < 1.29 is 22.7 Å². The highest BCUT2D eigenvalue weighted by molar-refractivity contribution is 5.82. The zero-order valence-corrected chi connectivity index (χ0v) is 12.4. The summed E-state index contributed by atoms with van der Waals surface area (Å²) < 4.78 is 44.5. The number of benzene rings is 1. The van der Waals surface area contributed by atoms with Crippen LogP contribution in [0.15, 0.2) is 36.5 Å². The average Bonchev–Trinajstić information content (AvgIpc) is 2.54. The average molecular weight is 324 g/mol. The van der Waals surface area contributed by atoms with Gasteiger partial charge in [0.05, 0.1) is 18.2 Å². The molecule has 0 aliphatic carbocycles. The number of ether oxygens (including phenoxy) is 1. The second-order valence-electron chi connectivity index (χ2n) is 4.81. The van der Waals surface area contributed by atoms with Crippen molar-refractivity contribution >= 4 is 5.91 Å². The van der Waals surface area contributed by atoms with Gasteiger partial charge < -0.3 is 10.1 Å². The van der Waals surface area contributed by atoms with Crippen molar-refractivity contribution in [3.05, 3.63) is 59.7 Å². The molecule has 122 valence electrons. The van der Waals surface area contributed by atoms with Crippen LogP contribution in [0.1, 0.15) is 18.5 Å². The summed E-state index contributed by atoms with van der Waals surface area (Å²) in [6.07, 6.45) is 1.41. The van der Waals surface area contributed by atoms with Gasteiger partial charge in [-0.3, -0.25) is 9.78 Å². The van der Waals surface area contributed by atoms with Crippen LogP contribution < -0.4 is 10.1 Å². The number of halogens is 3. The van der Waals surface area contributed by atoms with Crippen molar-refractivity contribution in [2.24, 2.45) is 0 Å². The Morgan fingerprint density at radius 3 is 2.70 bits per heavy atom. The number of hydrogen-bond acceptors (Lipinski definition) is 3. The third kappa shape index (κ3) is 4.45. The topological polar surface area (TPSA) is 51.2 Å². The molecule has 1 unspecified atom stereocenters. The maximum absolute atomic E-state index is 13.5. The first-order valence-corrected chi connectivity index (χ1v) is 6.95. The molecule has 4 nitrogen and oxygen atoms in total. The Bertz CT molecular complexity index is 695. The minimum absolute atomic E-state index is 0.0616. The van der Waals surface area contributed by atoms with Crippen LogP contribution in [0.3, 0.4) is 0 Å². The minimum Gasteiger partial charge on any atom is -0.492 e. The molecule has 1 heterocycles. The second kappa shape index (κ2) is 7.62. The molecule has 23 heavy (non-hydrogen) atoms. The van der Waals surface area contributed by atoms with Gasteiger partial charge >= 0.3 is 0 Å². The van der Waals surface area contributed by atoms with Crippen LogP contribution in [0.4, 0.5) is 13.2 Å². The number of rotatable bonds is 6. The Balaban J connectivity index is 1.80. The first kappa shape index (κ1) is 16.8. The molecule has 0 aliphatic rings. The Hall–Kier alpha value is -2.57. The van der Waals surface area contributed by atoms with E-state index in [9.17, 15) is 18.0 Å². The van der Waals surface area contributed by atoms with Gasteiger partial charge in [0.2, 0.25) is 5.91 Å². The number of carbonyl (C=O) groups is 1. The van der Waals surface area contributed by atoms with Crippen LogP contribution >= 0.6 is 0 Å². The van der Waals surface area contributed by atoms with Gasteiger partial charge in [0.15, 0.2) is 11.6 Å². The summed E-state index contributed by atoms with van der Waals surface area (Å²) in [5, 5.41) is 2.57. The van der Waals surface area contributed by atoms with Crippen LogP contribution in [0.2, 0.25) is 0 Å². The molecule has 1 aromatic heterocycles. The molecule has 0 bridgehead atoms. The summed E-state index contributed by atoms with van der Waals surface area (Å²) in [6, 6.07) is 5.84. The van der Waals surface area contributed by atoms with Crippen molar-refractivity contribution in [2.45, 2.75) is 12.8 Å². The zero-order valence-electron chi connectivity index (χ0n) is 12.4. The quantitative estimate of drug-likeness (QED) is 0.831. The van der Waals surface area contributed by atoms with Gasteiger partial charge in [-0.25, -0.2) is 13.2 Å². The molecule has 0 saturated heterocycles. The summed E-state index contributed by atoms with van der Waals surface area (Å²) in [7, 11) is 0. The largest absolute Gasteiger partial charge is 0.492 e. The molecule has 0 saturated carbocycles. The van der Waals surface area contributed by atoms with Gasteiger partial charge in [-0.2, -0.15) is 0 Å². The molecule has 1 atom stereocenters. The highest BCUT2D eigenvalue weighted by Crippen LogP contribution is 2.16. The Morgan fingerprint density at radius 2 is 2.00 bits per heavy atom. The Kier molecular flexibility index (Phi) is 5.56. The van der Waals surface area contributed by atoms with Crippen LogP contribution in [-0.4, -0.2) is 24.0 Å². The summed E-state index contributed by atoms with van der Waals surface area (Å²) in [6.45, 7) is 1.74. The van der Waals surface area contributed by atoms with E-state index in [1.807, 2.05) is 0 Å². The van der Waals surface area contributed by atoms with Crippen molar-refractivity contribution in [3.63, 3.8) is 0 Å². The van der Waals surface area contributed by atoms with Gasteiger partial charge in [0.25, 0.3) is 0 Å². The van der Waals surface area contributed by atoms with Crippen molar-refractivity contribution in [1.29, 1.82) is 0 Å². The van der Waals surface area contributed by atoms with Crippen LogP contribution in [-0.2, 0) is 4.79 Å². The molecular formula is C16H15F3N2O2. The SMILES string of the molecule is CC(C(=O)NCCOc1ccc(F)c(F)c1)c1ncccc1F. The highest BCUT2D eigenvalue weighted by Gasteiger charge is 2.19. The van der Waals surface area contributed by atoms with Gasteiger partial charge in [-0.05, 0) is 31.2 Å². The molecule has 1 amide bonds. The molecule has 1 aromatic carbocycles. The maximum atomic E-state index is 13.5. The molecule has 7 heteroatoms. The van der Waals surface area contributed by atoms with Crippen molar-refractivity contribution in [3.8, 4) is 5.75 Å². The maximum Gasteiger partial charge on any atom is 0.229 e. The normalized spacial score (nSPS) is 11.8. The lowest BCUT2D eigenvalue weighted by atomic mass is 10.1. The van der Waals surface area contributed by atoms with E-state index in [0.29, 0.717) is 0 Å². The summed E-state index contributed by atoms with van der Waals surface area (Å²) in [5.74, 6) is -3.52. The highest BCUT2D eigenvalue weighted by atomic mass is 19.2. The summed E-state index contributed by atoms with van der Waals surface area (Å²) in [5.41, 5.74) is 0.0616. The van der Waals surface area contributed by atoms with Crippen LogP contribution in [0, 0.1) is 17.5 Å². The number of aromatic nitrogens is 1. The van der Waals surface area contributed by atoms with Crippen molar-refractivity contribution in [1.82, 2.24) is 10.3 Å². The van der Waals surface area contributed by atoms with Gasteiger partial charge in [0, 0.05) is 12.3 Å². The van der Waals surface area contributed by atoms with E-state index in [2.05, 4.69) is 10.3 Å². The van der Waals surface area contributed by atoms with Crippen LogP contribution in [0.25, 0.3) is 0 Å². The van der Waals surface area contributed by atoms with Crippen molar-refractivity contribution in [2.75, 3.05) is 13.2 Å². The smallest absolute Gasteiger partial charge is 0.229 e. The molecule has 0 fully saturated rings. The summed E-state index contributed by atoms with van der Waals surface area (Å²) in [4.78, 5) is 15.8. The Morgan fingerprint density at radius 1 is 1.22 bits per heavy atom.